The Morgan fingerprint density at radius 3 is 2.59 bits per heavy atom. The van der Waals surface area contributed by atoms with Gasteiger partial charge in [-0.1, -0.05) is 0 Å². The average Bonchev–Trinajstić information content (AvgIpc) is 2.87. The summed E-state index contributed by atoms with van der Waals surface area (Å²) >= 11 is 0. The standard InChI is InChI=1S/C21H35N9O7/c1-24-10-13(31)26-11(2-4-22)18(34)28-14-15(32)16(33)20(30-7-3-12(23)27-21(30)36)37-17(14)19(35)29-8-5-25-6-9-29/h3,7,11,14-17,20,24-25,32-33H,2,4-6,8-10,22H2,1H3,(H,26,31)(H,28,34)(H2,23,27,36)/t11-,14+,15+,16-,17+,20-/m1/s1. The summed E-state index contributed by atoms with van der Waals surface area (Å²) in [5.74, 6) is -1.79. The lowest BCUT2D eigenvalue weighted by Crippen LogP contribution is -2.68. The Bertz CT molecular complexity index is 1020. The van der Waals surface area contributed by atoms with E-state index in [2.05, 4.69) is 26.3 Å². The third kappa shape index (κ3) is 6.79. The molecule has 0 unspecified atom stereocenters. The van der Waals surface area contributed by atoms with E-state index in [4.69, 9.17) is 16.2 Å². The van der Waals surface area contributed by atoms with E-state index in [0.717, 1.165) is 4.57 Å². The lowest BCUT2D eigenvalue weighted by molar-refractivity contribution is -0.218. The maximum atomic E-state index is 13.5. The number of ether oxygens (including phenoxy) is 1. The van der Waals surface area contributed by atoms with Gasteiger partial charge in [0.05, 0.1) is 12.6 Å². The SMILES string of the molecule is CNCC(=O)N[C@H](CCN)C(=O)N[C@H]1[C@H](O)[C@@H](O)[C@H](n2ccc(N)nc2=O)O[C@@H]1C(=O)N1CCNCC1. The molecule has 10 N–H and O–H groups in total. The highest BCUT2D eigenvalue weighted by Gasteiger charge is 2.50. The quantitative estimate of drug-likeness (QED) is 0.151. The first-order valence-corrected chi connectivity index (χ1v) is 12.0. The molecule has 0 aromatic carbocycles. The fraction of sp³-hybridized carbons (Fsp3) is 0.667. The lowest BCUT2D eigenvalue weighted by Gasteiger charge is -2.44. The molecule has 0 saturated carbocycles. The summed E-state index contributed by atoms with van der Waals surface area (Å²) in [6, 6.07) is -1.16. The number of carbonyl (C=O) groups excluding carboxylic acids is 3. The molecule has 2 saturated heterocycles. The Hall–Kier alpha value is -3.15. The molecule has 206 valence electrons. The number of aromatic nitrogens is 2. The highest BCUT2D eigenvalue weighted by molar-refractivity contribution is 5.89. The van der Waals surface area contributed by atoms with Crippen molar-refractivity contribution in [1.29, 1.82) is 0 Å². The number of likely N-dealkylation sites (N-methyl/N-ethyl adjacent to an activating group) is 1. The molecule has 1 aromatic rings. The van der Waals surface area contributed by atoms with Gasteiger partial charge in [-0.3, -0.25) is 19.0 Å². The lowest BCUT2D eigenvalue weighted by atomic mass is 9.93. The fourth-order valence-electron chi connectivity index (χ4n) is 4.27. The number of hydrogen-bond acceptors (Lipinski definition) is 12. The number of carbonyl (C=O) groups is 3. The number of nitrogens with two attached hydrogens (primary N) is 2. The zero-order valence-electron chi connectivity index (χ0n) is 20.5. The smallest absolute Gasteiger partial charge is 0.351 e. The van der Waals surface area contributed by atoms with Crippen molar-refractivity contribution in [2.45, 2.75) is 43.0 Å². The highest BCUT2D eigenvalue weighted by Crippen LogP contribution is 2.29. The van der Waals surface area contributed by atoms with Crippen LogP contribution >= 0.6 is 0 Å². The number of aliphatic hydroxyl groups excluding tert-OH is 2. The number of nitrogen functional groups attached to an aromatic ring is 1. The van der Waals surface area contributed by atoms with Crippen molar-refractivity contribution in [3.05, 3.63) is 22.7 Å². The van der Waals surface area contributed by atoms with Gasteiger partial charge in [0.1, 0.15) is 24.1 Å². The molecule has 16 heteroatoms. The van der Waals surface area contributed by atoms with Crippen LogP contribution in [0.2, 0.25) is 0 Å². The number of piperazine rings is 1. The van der Waals surface area contributed by atoms with Gasteiger partial charge in [-0.15, -0.1) is 0 Å². The molecular weight excluding hydrogens is 490 g/mol. The number of nitrogens with zero attached hydrogens (tertiary/aromatic N) is 3. The molecular formula is C21H35N9O7. The van der Waals surface area contributed by atoms with Crippen molar-refractivity contribution in [2.75, 3.05) is 52.0 Å². The third-order valence-corrected chi connectivity index (χ3v) is 6.17. The largest absolute Gasteiger partial charge is 0.388 e. The van der Waals surface area contributed by atoms with Crippen molar-refractivity contribution in [3.63, 3.8) is 0 Å². The van der Waals surface area contributed by atoms with Gasteiger partial charge in [-0.2, -0.15) is 4.98 Å². The maximum absolute atomic E-state index is 13.5. The van der Waals surface area contributed by atoms with Crippen LogP contribution in [0.25, 0.3) is 0 Å². The molecule has 16 nitrogen and oxygen atoms in total. The normalized spacial score (nSPS) is 26.8. The van der Waals surface area contributed by atoms with Gasteiger partial charge in [0.2, 0.25) is 11.8 Å². The van der Waals surface area contributed by atoms with Crippen LogP contribution in [0, 0.1) is 0 Å². The molecule has 6 atom stereocenters. The summed E-state index contributed by atoms with van der Waals surface area (Å²) in [7, 11) is 1.57. The Kier molecular flexibility index (Phi) is 9.90. The second-order valence-electron chi connectivity index (χ2n) is 8.81. The first-order chi connectivity index (χ1) is 17.7. The van der Waals surface area contributed by atoms with Crippen molar-refractivity contribution in [3.8, 4) is 0 Å². The van der Waals surface area contributed by atoms with E-state index < -0.39 is 60.0 Å². The zero-order valence-corrected chi connectivity index (χ0v) is 20.5. The van der Waals surface area contributed by atoms with Crippen LogP contribution < -0.4 is 38.4 Å². The number of amides is 3. The predicted molar refractivity (Wildman–Crippen MR) is 130 cm³/mol. The number of anilines is 1. The van der Waals surface area contributed by atoms with E-state index in [1.54, 1.807) is 7.05 Å². The molecule has 2 aliphatic heterocycles. The average molecular weight is 526 g/mol. The molecule has 3 heterocycles. The minimum atomic E-state index is -1.73. The van der Waals surface area contributed by atoms with E-state index in [1.807, 2.05) is 0 Å². The van der Waals surface area contributed by atoms with E-state index in [0.29, 0.717) is 26.2 Å². The van der Waals surface area contributed by atoms with Crippen LogP contribution in [0.15, 0.2) is 17.1 Å². The van der Waals surface area contributed by atoms with Crippen molar-refractivity contribution in [1.82, 2.24) is 35.7 Å². The van der Waals surface area contributed by atoms with Gasteiger partial charge < -0.3 is 52.6 Å². The summed E-state index contributed by atoms with van der Waals surface area (Å²) in [5.41, 5.74) is 10.3. The van der Waals surface area contributed by atoms with Crippen molar-refractivity contribution >= 4 is 23.5 Å². The van der Waals surface area contributed by atoms with Gasteiger partial charge in [0, 0.05) is 32.4 Å². The number of hydrogen-bond donors (Lipinski definition) is 8. The van der Waals surface area contributed by atoms with Crippen molar-refractivity contribution < 1.29 is 29.3 Å². The second kappa shape index (κ2) is 12.9. The van der Waals surface area contributed by atoms with Gasteiger partial charge in [0.15, 0.2) is 12.3 Å². The number of aliphatic hydroxyl groups is 2. The van der Waals surface area contributed by atoms with Crippen LogP contribution in [0.5, 0.6) is 0 Å². The third-order valence-electron chi connectivity index (χ3n) is 6.17. The molecule has 0 spiro atoms. The van der Waals surface area contributed by atoms with E-state index in [9.17, 15) is 29.4 Å². The van der Waals surface area contributed by atoms with Crippen LogP contribution in [0.1, 0.15) is 12.6 Å². The van der Waals surface area contributed by atoms with Gasteiger partial charge in [-0.25, -0.2) is 4.79 Å². The van der Waals surface area contributed by atoms with Gasteiger partial charge >= 0.3 is 5.69 Å². The maximum Gasteiger partial charge on any atom is 0.351 e. The number of nitrogens with one attached hydrogen (secondary N) is 4. The second-order valence-corrected chi connectivity index (χ2v) is 8.81. The summed E-state index contributed by atoms with van der Waals surface area (Å²) in [5, 5.41) is 32.8. The minimum absolute atomic E-state index is 0.0433. The van der Waals surface area contributed by atoms with Crippen LogP contribution in [-0.4, -0.2) is 119 Å². The predicted octanol–water partition coefficient (Wildman–Crippen LogP) is -5.59. The Balaban J connectivity index is 1.90. The molecule has 0 bridgehead atoms. The fourth-order valence-corrected chi connectivity index (χ4v) is 4.27. The Morgan fingerprint density at radius 1 is 1.27 bits per heavy atom. The molecule has 0 radical (unpaired) electrons. The first kappa shape index (κ1) is 28.4. The summed E-state index contributed by atoms with van der Waals surface area (Å²) in [6.07, 6.45) is -5.11. The Morgan fingerprint density at radius 2 is 1.97 bits per heavy atom. The molecule has 3 amide bonds. The van der Waals surface area contributed by atoms with Crippen LogP contribution in [-0.2, 0) is 19.1 Å². The molecule has 2 aliphatic rings. The molecule has 37 heavy (non-hydrogen) atoms. The summed E-state index contributed by atoms with van der Waals surface area (Å²) in [6.45, 7) is 1.79. The number of rotatable bonds is 9. The minimum Gasteiger partial charge on any atom is -0.388 e. The van der Waals surface area contributed by atoms with Crippen LogP contribution in [0.4, 0.5) is 5.82 Å². The molecule has 3 rings (SSSR count). The molecule has 0 aliphatic carbocycles. The first-order valence-electron chi connectivity index (χ1n) is 12.0. The van der Waals surface area contributed by atoms with E-state index in [1.165, 1.54) is 17.2 Å². The Labute approximate surface area is 212 Å². The van der Waals surface area contributed by atoms with Crippen LogP contribution in [0.3, 0.4) is 0 Å². The zero-order chi connectivity index (χ0) is 27.1. The topological polar surface area (TPSA) is 239 Å². The van der Waals surface area contributed by atoms with Crippen molar-refractivity contribution in [2.24, 2.45) is 5.73 Å². The molecule has 2 fully saturated rings. The summed E-state index contributed by atoms with van der Waals surface area (Å²) < 4.78 is 6.80. The van der Waals surface area contributed by atoms with Gasteiger partial charge in [-0.05, 0) is 26.1 Å². The monoisotopic (exact) mass is 525 g/mol. The van der Waals surface area contributed by atoms with E-state index in [-0.39, 0.29) is 25.3 Å². The summed E-state index contributed by atoms with van der Waals surface area (Å²) in [4.78, 5) is 56.2. The van der Waals surface area contributed by atoms with Gasteiger partial charge in [0.25, 0.3) is 5.91 Å². The van der Waals surface area contributed by atoms with E-state index >= 15 is 0 Å². The highest BCUT2D eigenvalue weighted by atomic mass is 16.5. The molecule has 1 aromatic heterocycles.